The number of nitrogens with zero attached hydrogens (tertiary/aromatic N) is 1. The molecule has 110 valence electrons. The van der Waals surface area contributed by atoms with Crippen LogP contribution in [0.1, 0.15) is 22.3 Å². The summed E-state index contributed by atoms with van der Waals surface area (Å²) in [5, 5.41) is 10.2. The van der Waals surface area contributed by atoms with Gasteiger partial charge in [-0.25, -0.2) is 4.79 Å². The summed E-state index contributed by atoms with van der Waals surface area (Å²) in [5.74, 6) is -1.22. The molecular formula is C16H17NO4. The van der Waals surface area contributed by atoms with Crippen LogP contribution >= 0.6 is 0 Å². The second-order valence-electron chi connectivity index (χ2n) is 5.41. The van der Waals surface area contributed by atoms with Gasteiger partial charge in [-0.3, -0.25) is 4.79 Å². The van der Waals surface area contributed by atoms with Gasteiger partial charge in [-0.1, -0.05) is 18.2 Å². The lowest BCUT2D eigenvalue weighted by Gasteiger charge is -2.10. The van der Waals surface area contributed by atoms with Gasteiger partial charge in [0.25, 0.3) is 5.78 Å². The Hall–Kier alpha value is -2.14. The monoisotopic (exact) mass is 287 g/mol. The molecule has 1 unspecified atom stereocenters. The van der Waals surface area contributed by atoms with Crippen molar-refractivity contribution in [1.29, 1.82) is 0 Å². The smallest absolute Gasteiger partial charge is 0.379 e. The third-order valence-electron chi connectivity index (χ3n) is 4.14. The van der Waals surface area contributed by atoms with Gasteiger partial charge in [-0.2, -0.15) is 0 Å². The van der Waals surface area contributed by atoms with E-state index in [2.05, 4.69) is 4.74 Å². The summed E-state index contributed by atoms with van der Waals surface area (Å²) >= 11 is 0. The van der Waals surface area contributed by atoms with E-state index in [0.29, 0.717) is 5.56 Å². The summed E-state index contributed by atoms with van der Waals surface area (Å²) in [6.45, 7) is 0.891. The van der Waals surface area contributed by atoms with E-state index in [9.17, 15) is 14.7 Å². The maximum Gasteiger partial charge on any atom is 0.379 e. The van der Waals surface area contributed by atoms with Crippen LogP contribution in [0.2, 0.25) is 0 Å². The highest BCUT2D eigenvalue weighted by molar-refractivity contribution is 6.43. The molecule has 0 radical (unpaired) electrons. The molecule has 0 bridgehead atoms. The topological polar surface area (TPSA) is 68.5 Å². The molecule has 1 aromatic heterocycles. The summed E-state index contributed by atoms with van der Waals surface area (Å²) < 4.78 is 6.54. The minimum atomic E-state index is -0.843. The van der Waals surface area contributed by atoms with Crippen LogP contribution in [-0.4, -0.2) is 35.1 Å². The first kappa shape index (κ1) is 13.8. The molecule has 5 nitrogen and oxygen atoms in total. The molecule has 0 fully saturated rings. The molecule has 0 saturated carbocycles. The molecule has 3 rings (SSSR count). The number of Topliss-reactive ketones (excluding diaryl/α,β-unsaturated/α-hetero) is 1. The number of hydrogen-bond donors (Lipinski definition) is 1. The number of carbonyl (C=O) groups is 2. The molecule has 2 aromatic rings. The Labute approximate surface area is 122 Å². The summed E-state index contributed by atoms with van der Waals surface area (Å²) in [7, 11) is 1.21. The predicted molar refractivity (Wildman–Crippen MR) is 77.2 cm³/mol. The number of aromatic nitrogens is 1. The van der Waals surface area contributed by atoms with E-state index in [0.717, 1.165) is 35.9 Å². The largest absolute Gasteiger partial charge is 0.463 e. The molecular weight excluding hydrogens is 270 g/mol. The standard InChI is InChI=1S/C16H17NO4/c1-21-16(20)15(19)13-8-17-6-5-10(9-18)7-11-3-2-4-12(13)14(11)17/h2-4,8,10,18H,5-7,9H2,1H3. The zero-order chi connectivity index (χ0) is 15.0. The van der Waals surface area contributed by atoms with Crippen molar-refractivity contribution in [1.82, 2.24) is 4.57 Å². The molecule has 1 atom stereocenters. The number of carbonyl (C=O) groups excluding carboxylic acids is 2. The highest BCUT2D eigenvalue weighted by atomic mass is 16.5. The molecule has 0 aliphatic carbocycles. The minimum absolute atomic E-state index is 0.162. The maximum absolute atomic E-state index is 12.1. The number of aliphatic hydroxyl groups excluding tert-OH is 1. The normalized spacial score (nSPS) is 17.5. The van der Waals surface area contributed by atoms with Crippen molar-refractivity contribution >= 4 is 22.7 Å². The highest BCUT2D eigenvalue weighted by Crippen LogP contribution is 2.31. The van der Waals surface area contributed by atoms with Crippen molar-refractivity contribution in [3.05, 3.63) is 35.5 Å². The van der Waals surface area contributed by atoms with E-state index in [4.69, 9.17) is 0 Å². The zero-order valence-electron chi connectivity index (χ0n) is 11.8. The maximum atomic E-state index is 12.1. The van der Waals surface area contributed by atoms with Crippen LogP contribution in [0.3, 0.4) is 0 Å². The summed E-state index contributed by atoms with van der Waals surface area (Å²) in [6, 6.07) is 5.75. The first-order valence-electron chi connectivity index (χ1n) is 7.00. The van der Waals surface area contributed by atoms with Crippen molar-refractivity contribution in [3.8, 4) is 0 Å². The number of aliphatic hydroxyl groups is 1. The number of methoxy groups -OCH3 is 1. The van der Waals surface area contributed by atoms with Gasteiger partial charge >= 0.3 is 5.97 Å². The Morgan fingerprint density at radius 3 is 2.95 bits per heavy atom. The van der Waals surface area contributed by atoms with Crippen molar-refractivity contribution in [2.75, 3.05) is 13.7 Å². The van der Waals surface area contributed by atoms with Crippen LogP contribution in [-0.2, 0) is 22.5 Å². The van der Waals surface area contributed by atoms with Gasteiger partial charge in [0.05, 0.1) is 18.2 Å². The van der Waals surface area contributed by atoms with Gasteiger partial charge < -0.3 is 14.4 Å². The second kappa shape index (κ2) is 5.33. The fourth-order valence-corrected chi connectivity index (χ4v) is 3.05. The number of aryl methyl sites for hydroxylation is 1. The number of hydrogen-bond acceptors (Lipinski definition) is 4. The number of ketones is 1. The average Bonchev–Trinajstić information content (AvgIpc) is 2.78. The van der Waals surface area contributed by atoms with E-state index < -0.39 is 11.8 Å². The summed E-state index contributed by atoms with van der Waals surface area (Å²) in [6.07, 6.45) is 3.36. The molecule has 1 aromatic carbocycles. The van der Waals surface area contributed by atoms with Crippen LogP contribution in [0, 0.1) is 5.92 Å². The second-order valence-corrected chi connectivity index (χ2v) is 5.41. The van der Waals surface area contributed by atoms with Crippen molar-refractivity contribution in [3.63, 3.8) is 0 Å². The number of ether oxygens (including phenoxy) is 1. The molecule has 21 heavy (non-hydrogen) atoms. The molecule has 0 spiro atoms. The Kier molecular flexibility index (Phi) is 3.51. The third-order valence-corrected chi connectivity index (χ3v) is 4.14. The quantitative estimate of drug-likeness (QED) is 0.528. The molecule has 1 N–H and O–H groups in total. The lowest BCUT2D eigenvalue weighted by molar-refractivity contribution is -0.135. The molecule has 1 aliphatic rings. The molecule has 1 aliphatic heterocycles. The minimum Gasteiger partial charge on any atom is -0.463 e. The average molecular weight is 287 g/mol. The van der Waals surface area contributed by atoms with Crippen molar-refractivity contribution < 1.29 is 19.4 Å². The van der Waals surface area contributed by atoms with E-state index in [1.807, 2.05) is 22.8 Å². The lowest BCUT2D eigenvalue weighted by atomic mass is 9.96. The Balaban J connectivity index is 2.16. The van der Waals surface area contributed by atoms with E-state index in [1.54, 1.807) is 6.20 Å². The number of rotatable bonds is 3. The van der Waals surface area contributed by atoms with Gasteiger partial charge in [0.2, 0.25) is 0 Å². The van der Waals surface area contributed by atoms with Crippen molar-refractivity contribution in [2.45, 2.75) is 19.4 Å². The first-order chi connectivity index (χ1) is 10.2. The first-order valence-corrected chi connectivity index (χ1v) is 7.00. The number of para-hydroxylation sites is 1. The van der Waals surface area contributed by atoms with E-state index >= 15 is 0 Å². The molecule has 5 heteroatoms. The predicted octanol–water partition coefficient (Wildman–Crippen LogP) is 1.55. The van der Waals surface area contributed by atoms with Crippen LogP contribution < -0.4 is 0 Å². The number of esters is 1. The van der Waals surface area contributed by atoms with E-state index in [-0.39, 0.29) is 12.5 Å². The van der Waals surface area contributed by atoms with E-state index in [1.165, 1.54) is 7.11 Å². The summed E-state index contributed by atoms with van der Waals surface area (Å²) in [4.78, 5) is 23.6. The van der Waals surface area contributed by atoms with Gasteiger partial charge in [0.1, 0.15) is 0 Å². The fraction of sp³-hybridized carbons (Fsp3) is 0.375. The van der Waals surface area contributed by atoms with Crippen LogP contribution in [0.5, 0.6) is 0 Å². The van der Waals surface area contributed by atoms with Crippen LogP contribution in [0.15, 0.2) is 24.4 Å². The fourth-order valence-electron chi connectivity index (χ4n) is 3.05. The SMILES string of the molecule is COC(=O)C(=O)c1cn2c3c(cccc13)CC(CO)CC2. The third kappa shape index (κ3) is 2.23. The van der Waals surface area contributed by atoms with Crippen LogP contribution in [0.25, 0.3) is 10.9 Å². The van der Waals surface area contributed by atoms with Crippen LogP contribution in [0.4, 0.5) is 0 Å². The van der Waals surface area contributed by atoms with Gasteiger partial charge in [-0.15, -0.1) is 0 Å². The van der Waals surface area contributed by atoms with Crippen molar-refractivity contribution in [2.24, 2.45) is 5.92 Å². The molecule has 2 heterocycles. The Morgan fingerprint density at radius 2 is 2.24 bits per heavy atom. The van der Waals surface area contributed by atoms with Gasteiger partial charge in [-0.05, 0) is 24.3 Å². The molecule has 0 saturated heterocycles. The van der Waals surface area contributed by atoms with Gasteiger partial charge in [0, 0.05) is 24.7 Å². The molecule has 0 amide bonds. The zero-order valence-corrected chi connectivity index (χ0v) is 11.8. The number of benzene rings is 1. The van der Waals surface area contributed by atoms with Gasteiger partial charge in [0.15, 0.2) is 0 Å². The summed E-state index contributed by atoms with van der Waals surface area (Å²) in [5.41, 5.74) is 2.48. The Bertz CT molecular complexity index is 716. The Morgan fingerprint density at radius 1 is 1.43 bits per heavy atom. The lowest BCUT2D eigenvalue weighted by Crippen LogP contribution is -2.15. The highest BCUT2D eigenvalue weighted by Gasteiger charge is 2.25.